The van der Waals surface area contributed by atoms with Crippen molar-refractivity contribution in [3.05, 3.63) is 90.3 Å². The Bertz CT molecular complexity index is 1170. The monoisotopic (exact) mass is 421 g/mol. The molecule has 0 spiro atoms. The normalized spacial score (nSPS) is 10.6. The van der Waals surface area contributed by atoms with Crippen LogP contribution in [0.5, 0.6) is 11.5 Å². The Hall–Kier alpha value is -4.14. The molecule has 0 aliphatic rings. The van der Waals surface area contributed by atoms with Crippen LogP contribution in [0.15, 0.2) is 73.2 Å². The van der Waals surface area contributed by atoms with Gasteiger partial charge in [-0.2, -0.15) is 10.2 Å². The number of benzene rings is 2. The first-order chi connectivity index (χ1) is 15.1. The number of aromatic nitrogens is 4. The third kappa shape index (κ3) is 5.08. The number of anilines is 1. The van der Waals surface area contributed by atoms with E-state index in [-0.39, 0.29) is 30.7 Å². The Morgan fingerprint density at radius 1 is 1.06 bits per heavy atom. The molecule has 2 heterocycles. The maximum Gasteiger partial charge on any atom is 0.276 e. The van der Waals surface area contributed by atoms with Crippen LogP contribution in [0.3, 0.4) is 0 Å². The summed E-state index contributed by atoms with van der Waals surface area (Å²) in [4.78, 5) is 12.5. The minimum absolute atomic E-state index is 0.153. The van der Waals surface area contributed by atoms with Crippen LogP contribution in [0.2, 0.25) is 0 Å². The molecule has 0 fully saturated rings. The first kappa shape index (κ1) is 20.1. The number of hydrogen-bond acceptors (Lipinski definition) is 5. The molecule has 0 saturated heterocycles. The van der Waals surface area contributed by atoms with Gasteiger partial charge in [-0.05, 0) is 36.4 Å². The molecule has 8 nitrogen and oxygen atoms in total. The third-order valence-corrected chi connectivity index (χ3v) is 4.48. The number of amides is 1. The summed E-state index contributed by atoms with van der Waals surface area (Å²) in [6.45, 7) is 0.417. The number of carbonyl (C=O) groups excluding carboxylic acids is 1. The van der Waals surface area contributed by atoms with E-state index in [4.69, 9.17) is 9.47 Å². The van der Waals surface area contributed by atoms with E-state index in [1.807, 2.05) is 0 Å². The number of nitrogens with one attached hydrogen (secondary N) is 1. The van der Waals surface area contributed by atoms with Crippen molar-refractivity contribution in [1.82, 2.24) is 19.6 Å². The van der Waals surface area contributed by atoms with Crippen LogP contribution in [0.25, 0.3) is 0 Å². The average Bonchev–Trinajstić information content (AvgIpc) is 3.44. The van der Waals surface area contributed by atoms with E-state index in [1.165, 1.54) is 16.9 Å². The predicted molar refractivity (Wildman–Crippen MR) is 112 cm³/mol. The lowest BCUT2D eigenvalue weighted by Crippen LogP contribution is -2.14. The van der Waals surface area contributed by atoms with E-state index in [1.54, 1.807) is 72.7 Å². The lowest BCUT2D eigenvalue weighted by molar-refractivity contribution is 0.102. The maximum atomic E-state index is 13.8. The van der Waals surface area contributed by atoms with Gasteiger partial charge in [0.15, 0.2) is 12.4 Å². The lowest BCUT2D eigenvalue weighted by Gasteiger charge is -2.07. The van der Waals surface area contributed by atoms with Gasteiger partial charge in [0.1, 0.15) is 17.3 Å². The van der Waals surface area contributed by atoms with E-state index in [0.29, 0.717) is 17.0 Å². The summed E-state index contributed by atoms with van der Waals surface area (Å²) in [5.41, 5.74) is 1.24. The molecule has 9 heteroatoms. The standard InChI is InChI=1S/C22H20FN5O3/c1-30-18-6-8-19(9-7-18)31-15-27-11-10-21(26-27)22(29)25-17-12-24-28(14-17)13-16-4-2-3-5-20(16)23/h2-12,14H,13,15H2,1H3,(H,25,29). The highest BCUT2D eigenvalue weighted by molar-refractivity contribution is 6.02. The van der Waals surface area contributed by atoms with Crippen LogP contribution < -0.4 is 14.8 Å². The molecule has 0 bridgehead atoms. The van der Waals surface area contributed by atoms with Crippen molar-refractivity contribution in [3.8, 4) is 11.5 Å². The molecule has 158 valence electrons. The van der Waals surface area contributed by atoms with Crippen molar-refractivity contribution in [3.63, 3.8) is 0 Å². The molecule has 1 N–H and O–H groups in total. The van der Waals surface area contributed by atoms with Gasteiger partial charge in [0, 0.05) is 18.0 Å². The number of carbonyl (C=O) groups is 1. The number of nitrogens with zero attached hydrogens (tertiary/aromatic N) is 4. The van der Waals surface area contributed by atoms with Gasteiger partial charge in [0.25, 0.3) is 5.91 Å². The van der Waals surface area contributed by atoms with Gasteiger partial charge >= 0.3 is 0 Å². The molecular weight excluding hydrogens is 401 g/mol. The zero-order valence-electron chi connectivity index (χ0n) is 16.7. The van der Waals surface area contributed by atoms with E-state index in [0.717, 1.165) is 5.75 Å². The number of ether oxygens (including phenoxy) is 2. The second kappa shape index (κ2) is 9.12. The Morgan fingerprint density at radius 2 is 1.84 bits per heavy atom. The first-order valence-electron chi connectivity index (χ1n) is 9.48. The van der Waals surface area contributed by atoms with E-state index in [9.17, 15) is 9.18 Å². The first-order valence-corrected chi connectivity index (χ1v) is 9.48. The minimum atomic E-state index is -0.381. The molecule has 0 unspecified atom stereocenters. The van der Waals surface area contributed by atoms with Gasteiger partial charge in [-0.15, -0.1) is 0 Å². The Balaban J connectivity index is 1.32. The molecule has 4 aromatic rings. The molecule has 2 aromatic heterocycles. The van der Waals surface area contributed by atoms with Crippen molar-refractivity contribution in [2.24, 2.45) is 0 Å². The lowest BCUT2D eigenvalue weighted by atomic mass is 10.2. The molecule has 1 amide bonds. The highest BCUT2D eigenvalue weighted by atomic mass is 19.1. The summed E-state index contributed by atoms with van der Waals surface area (Å²) in [6.07, 6.45) is 4.79. The molecule has 0 aliphatic heterocycles. The molecule has 4 rings (SSSR count). The topological polar surface area (TPSA) is 83.2 Å². The van der Waals surface area contributed by atoms with Gasteiger partial charge in [-0.25, -0.2) is 9.07 Å². The summed E-state index contributed by atoms with van der Waals surface area (Å²) in [5, 5.41) is 11.1. The van der Waals surface area contributed by atoms with Gasteiger partial charge in [0.2, 0.25) is 0 Å². The van der Waals surface area contributed by atoms with E-state index < -0.39 is 0 Å². The molecule has 0 aliphatic carbocycles. The second-order valence-corrected chi connectivity index (χ2v) is 6.66. The van der Waals surface area contributed by atoms with Crippen LogP contribution >= 0.6 is 0 Å². The summed E-state index contributed by atoms with van der Waals surface area (Å²) < 4.78 is 27.6. The fraction of sp³-hybridized carbons (Fsp3) is 0.136. The number of rotatable bonds is 8. The Labute approximate surface area is 177 Å². The van der Waals surface area contributed by atoms with Gasteiger partial charge in [-0.3, -0.25) is 9.48 Å². The Morgan fingerprint density at radius 3 is 2.61 bits per heavy atom. The maximum absolute atomic E-state index is 13.8. The fourth-order valence-corrected chi connectivity index (χ4v) is 2.88. The zero-order valence-corrected chi connectivity index (χ0v) is 16.7. The highest BCUT2D eigenvalue weighted by Crippen LogP contribution is 2.17. The zero-order chi connectivity index (χ0) is 21.6. The van der Waals surface area contributed by atoms with Crippen molar-refractivity contribution < 1.29 is 18.7 Å². The van der Waals surface area contributed by atoms with Crippen LogP contribution in [0, 0.1) is 5.82 Å². The van der Waals surface area contributed by atoms with E-state index >= 15 is 0 Å². The quantitative estimate of drug-likeness (QED) is 0.470. The summed E-state index contributed by atoms with van der Waals surface area (Å²) >= 11 is 0. The number of methoxy groups -OCH3 is 1. The highest BCUT2D eigenvalue weighted by Gasteiger charge is 2.12. The summed E-state index contributed by atoms with van der Waals surface area (Å²) in [7, 11) is 1.60. The van der Waals surface area contributed by atoms with Crippen molar-refractivity contribution in [1.29, 1.82) is 0 Å². The van der Waals surface area contributed by atoms with Crippen molar-refractivity contribution >= 4 is 11.6 Å². The SMILES string of the molecule is COc1ccc(OCn2ccc(C(=O)Nc3cnn(Cc4ccccc4F)c3)n2)cc1. The third-order valence-electron chi connectivity index (χ3n) is 4.48. The molecule has 31 heavy (non-hydrogen) atoms. The molecule has 0 radical (unpaired) electrons. The van der Waals surface area contributed by atoms with Crippen LogP contribution in [-0.2, 0) is 13.3 Å². The van der Waals surface area contributed by atoms with Crippen molar-refractivity contribution in [2.75, 3.05) is 12.4 Å². The molecule has 0 atom stereocenters. The van der Waals surface area contributed by atoms with Crippen LogP contribution in [0.1, 0.15) is 16.1 Å². The van der Waals surface area contributed by atoms with Gasteiger partial charge < -0.3 is 14.8 Å². The Kier molecular flexibility index (Phi) is 5.93. The second-order valence-electron chi connectivity index (χ2n) is 6.66. The molecule has 0 saturated carbocycles. The molecule has 2 aromatic carbocycles. The van der Waals surface area contributed by atoms with Crippen molar-refractivity contribution in [2.45, 2.75) is 13.3 Å². The largest absolute Gasteiger partial charge is 0.497 e. The number of halogens is 1. The van der Waals surface area contributed by atoms with Gasteiger partial charge in [0.05, 0.1) is 25.5 Å². The van der Waals surface area contributed by atoms with E-state index in [2.05, 4.69) is 15.5 Å². The van der Waals surface area contributed by atoms with Crippen LogP contribution in [-0.4, -0.2) is 32.6 Å². The molecular formula is C22H20FN5O3. The van der Waals surface area contributed by atoms with Crippen LogP contribution in [0.4, 0.5) is 10.1 Å². The fourth-order valence-electron chi connectivity index (χ4n) is 2.88. The van der Waals surface area contributed by atoms with Gasteiger partial charge in [-0.1, -0.05) is 18.2 Å². The summed E-state index contributed by atoms with van der Waals surface area (Å²) in [6, 6.07) is 15.2. The minimum Gasteiger partial charge on any atom is -0.497 e. The predicted octanol–water partition coefficient (Wildman–Crippen LogP) is 3.56. The number of hydrogen-bond donors (Lipinski definition) is 1. The summed E-state index contributed by atoms with van der Waals surface area (Å²) in [5.74, 6) is 0.715. The average molecular weight is 421 g/mol. The smallest absolute Gasteiger partial charge is 0.276 e.